The van der Waals surface area contributed by atoms with Gasteiger partial charge in [0.25, 0.3) is 0 Å². The summed E-state index contributed by atoms with van der Waals surface area (Å²) in [5.74, 6) is 0.333. The van der Waals surface area contributed by atoms with Gasteiger partial charge in [-0.3, -0.25) is 4.79 Å². The number of hydrogen-bond donors (Lipinski definition) is 1. The van der Waals surface area contributed by atoms with Crippen LogP contribution in [-0.2, 0) is 17.8 Å². The van der Waals surface area contributed by atoms with Gasteiger partial charge in [0.15, 0.2) is 11.7 Å². The monoisotopic (exact) mass is 422 g/mol. The van der Waals surface area contributed by atoms with E-state index in [-0.39, 0.29) is 25.3 Å². The normalized spacial score (nSPS) is 10.9. The molecule has 0 radical (unpaired) electrons. The highest BCUT2D eigenvalue weighted by atomic mass is 19.1. The molecule has 4 aromatic rings. The summed E-state index contributed by atoms with van der Waals surface area (Å²) in [5, 5.41) is 2.76. The molecular weight excluding hydrogens is 402 g/mol. The Morgan fingerprint density at radius 3 is 2.71 bits per heavy atom. The third-order valence-electron chi connectivity index (χ3n) is 4.85. The molecule has 0 saturated heterocycles. The van der Waals surface area contributed by atoms with Crippen LogP contribution in [0.5, 0.6) is 0 Å². The quantitative estimate of drug-likeness (QED) is 0.480. The Kier molecular flexibility index (Phi) is 5.88. The van der Waals surface area contributed by atoms with E-state index in [1.165, 1.54) is 18.3 Å². The van der Waals surface area contributed by atoms with E-state index in [0.717, 1.165) is 0 Å². The van der Waals surface area contributed by atoms with Gasteiger partial charge in [0.1, 0.15) is 17.5 Å². The first-order valence-electron chi connectivity index (χ1n) is 9.76. The molecule has 158 valence electrons. The smallest absolute Gasteiger partial charge is 0.220 e. The topological polar surface area (TPSA) is 73.0 Å². The molecule has 0 aliphatic heterocycles. The molecule has 0 aliphatic rings. The standard InChI is InChI=1S/C23H20F2N4O2/c1-15-26-10-11-29(15)20-7-6-16(12-19(20)25)13-27-22(30)8-9-23-28-14-21(31-23)17-4-2-3-5-18(17)24/h2-7,10-12,14H,8-9,13H2,1H3,(H,27,30). The van der Waals surface area contributed by atoms with E-state index in [1.807, 2.05) is 0 Å². The Hall–Kier alpha value is -3.81. The van der Waals surface area contributed by atoms with Crippen LogP contribution in [0.25, 0.3) is 17.0 Å². The van der Waals surface area contributed by atoms with Crippen LogP contribution in [0.2, 0.25) is 0 Å². The van der Waals surface area contributed by atoms with Crippen molar-refractivity contribution < 1.29 is 18.0 Å². The second-order valence-electron chi connectivity index (χ2n) is 7.01. The van der Waals surface area contributed by atoms with Crippen molar-refractivity contribution in [1.82, 2.24) is 19.9 Å². The lowest BCUT2D eigenvalue weighted by Gasteiger charge is -2.09. The van der Waals surface area contributed by atoms with Crippen molar-refractivity contribution in [2.75, 3.05) is 0 Å². The number of benzene rings is 2. The molecule has 6 nitrogen and oxygen atoms in total. The third kappa shape index (κ3) is 4.69. The number of carbonyl (C=O) groups excluding carboxylic acids is 1. The van der Waals surface area contributed by atoms with E-state index >= 15 is 0 Å². The average molecular weight is 422 g/mol. The van der Waals surface area contributed by atoms with Crippen molar-refractivity contribution in [3.8, 4) is 17.0 Å². The highest BCUT2D eigenvalue weighted by Crippen LogP contribution is 2.23. The van der Waals surface area contributed by atoms with Crippen molar-refractivity contribution in [2.45, 2.75) is 26.3 Å². The first-order chi connectivity index (χ1) is 15.0. The zero-order valence-electron chi connectivity index (χ0n) is 16.8. The van der Waals surface area contributed by atoms with Crippen LogP contribution in [-0.4, -0.2) is 20.4 Å². The van der Waals surface area contributed by atoms with Gasteiger partial charge in [-0.15, -0.1) is 0 Å². The van der Waals surface area contributed by atoms with Crippen molar-refractivity contribution in [3.05, 3.63) is 90.0 Å². The summed E-state index contributed by atoms with van der Waals surface area (Å²) < 4.78 is 35.5. The van der Waals surface area contributed by atoms with Gasteiger partial charge in [-0.2, -0.15) is 0 Å². The van der Waals surface area contributed by atoms with Crippen LogP contribution >= 0.6 is 0 Å². The van der Waals surface area contributed by atoms with Crippen molar-refractivity contribution in [2.24, 2.45) is 0 Å². The fourth-order valence-electron chi connectivity index (χ4n) is 3.21. The zero-order valence-corrected chi connectivity index (χ0v) is 16.8. The molecule has 1 amide bonds. The van der Waals surface area contributed by atoms with Gasteiger partial charge < -0.3 is 14.3 Å². The maximum atomic E-state index is 14.4. The molecule has 31 heavy (non-hydrogen) atoms. The SMILES string of the molecule is Cc1nccn1-c1ccc(CNC(=O)CCc2ncc(-c3ccccc3F)o2)cc1F. The van der Waals surface area contributed by atoms with Crippen molar-refractivity contribution in [1.29, 1.82) is 0 Å². The number of amides is 1. The first kappa shape index (κ1) is 20.5. The lowest BCUT2D eigenvalue weighted by molar-refractivity contribution is -0.121. The molecule has 4 rings (SSSR count). The molecule has 0 saturated carbocycles. The van der Waals surface area contributed by atoms with Crippen LogP contribution < -0.4 is 5.32 Å². The van der Waals surface area contributed by atoms with Gasteiger partial charge in [0, 0.05) is 31.8 Å². The molecule has 0 aliphatic carbocycles. The minimum atomic E-state index is -0.399. The zero-order chi connectivity index (χ0) is 21.8. The van der Waals surface area contributed by atoms with Crippen LogP contribution in [0.1, 0.15) is 23.7 Å². The van der Waals surface area contributed by atoms with Gasteiger partial charge in [-0.25, -0.2) is 18.7 Å². The first-order valence-corrected chi connectivity index (χ1v) is 9.76. The number of aromatic nitrogens is 3. The van der Waals surface area contributed by atoms with Gasteiger partial charge in [0.05, 0.1) is 17.4 Å². The van der Waals surface area contributed by atoms with Crippen LogP contribution in [0, 0.1) is 18.6 Å². The number of oxazole rings is 1. The lowest BCUT2D eigenvalue weighted by atomic mass is 10.2. The van der Waals surface area contributed by atoms with Gasteiger partial charge >= 0.3 is 0 Å². The van der Waals surface area contributed by atoms with Crippen LogP contribution in [0.3, 0.4) is 0 Å². The highest BCUT2D eigenvalue weighted by molar-refractivity contribution is 5.76. The summed E-state index contributed by atoms with van der Waals surface area (Å²) in [4.78, 5) is 20.4. The molecule has 8 heteroatoms. The molecule has 2 heterocycles. The van der Waals surface area contributed by atoms with E-state index < -0.39 is 11.6 Å². The number of carbonyl (C=O) groups is 1. The fraction of sp³-hybridized carbons (Fsp3) is 0.174. The number of halogens is 2. The molecule has 0 bridgehead atoms. The number of rotatable bonds is 7. The number of hydrogen-bond acceptors (Lipinski definition) is 4. The van der Waals surface area contributed by atoms with Crippen molar-refractivity contribution >= 4 is 5.91 Å². The second kappa shape index (κ2) is 8.91. The summed E-state index contributed by atoms with van der Waals surface area (Å²) in [6, 6.07) is 11.1. The molecule has 0 atom stereocenters. The molecule has 0 unspecified atom stereocenters. The number of aryl methyl sites for hydroxylation is 2. The molecular formula is C23H20F2N4O2. The maximum Gasteiger partial charge on any atom is 0.220 e. The lowest BCUT2D eigenvalue weighted by Crippen LogP contribution is -2.23. The summed E-state index contributed by atoms with van der Waals surface area (Å²) in [7, 11) is 0. The maximum absolute atomic E-state index is 14.4. The number of nitrogens with zero attached hydrogens (tertiary/aromatic N) is 3. The predicted octanol–water partition coefficient (Wildman–Crippen LogP) is 4.36. The average Bonchev–Trinajstić information content (AvgIpc) is 3.40. The Bertz CT molecular complexity index is 1220. The summed E-state index contributed by atoms with van der Waals surface area (Å²) in [6.45, 7) is 1.99. The summed E-state index contributed by atoms with van der Waals surface area (Å²) >= 11 is 0. The van der Waals surface area contributed by atoms with Gasteiger partial charge in [-0.1, -0.05) is 18.2 Å². The Balaban J connectivity index is 1.31. The molecule has 2 aromatic heterocycles. The Morgan fingerprint density at radius 1 is 1.13 bits per heavy atom. The summed E-state index contributed by atoms with van der Waals surface area (Å²) in [5.41, 5.74) is 1.37. The van der Waals surface area contributed by atoms with Crippen LogP contribution in [0.15, 0.2) is 65.5 Å². The van der Waals surface area contributed by atoms with E-state index in [9.17, 15) is 13.6 Å². The van der Waals surface area contributed by atoms with E-state index in [1.54, 1.807) is 54.2 Å². The predicted molar refractivity (Wildman–Crippen MR) is 110 cm³/mol. The second-order valence-corrected chi connectivity index (χ2v) is 7.01. The summed E-state index contributed by atoms with van der Waals surface area (Å²) in [6.07, 6.45) is 5.16. The molecule has 2 aromatic carbocycles. The Labute approximate surface area is 177 Å². The highest BCUT2D eigenvalue weighted by Gasteiger charge is 2.12. The largest absolute Gasteiger partial charge is 0.441 e. The minimum Gasteiger partial charge on any atom is -0.441 e. The third-order valence-corrected chi connectivity index (χ3v) is 4.85. The van der Waals surface area contributed by atoms with Gasteiger partial charge in [0.2, 0.25) is 5.91 Å². The van der Waals surface area contributed by atoms with E-state index in [2.05, 4.69) is 15.3 Å². The molecule has 1 N–H and O–H groups in total. The molecule has 0 fully saturated rings. The fourth-order valence-corrected chi connectivity index (χ4v) is 3.21. The van der Waals surface area contributed by atoms with Crippen LogP contribution in [0.4, 0.5) is 8.78 Å². The minimum absolute atomic E-state index is 0.145. The van der Waals surface area contributed by atoms with Gasteiger partial charge in [-0.05, 0) is 36.8 Å². The van der Waals surface area contributed by atoms with E-state index in [4.69, 9.17) is 4.42 Å². The van der Waals surface area contributed by atoms with E-state index in [0.29, 0.717) is 34.3 Å². The van der Waals surface area contributed by atoms with Crippen molar-refractivity contribution in [3.63, 3.8) is 0 Å². The number of imidazole rings is 1. The number of nitrogens with one attached hydrogen (secondary N) is 1. The molecule has 0 spiro atoms. The Morgan fingerprint density at radius 2 is 1.97 bits per heavy atom.